The number of β-amino-alcohol motifs (C(OH)–C–C–N with tert-alkyl or cyclic N) is 1. The first-order valence-corrected chi connectivity index (χ1v) is 7.17. The van der Waals surface area contributed by atoms with Crippen molar-refractivity contribution in [2.75, 3.05) is 13.1 Å². The van der Waals surface area contributed by atoms with Crippen LogP contribution in [-0.4, -0.2) is 34.6 Å². The van der Waals surface area contributed by atoms with E-state index in [2.05, 4.69) is 26.0 Å². The van der Waals surface area contributed by atoms with Crippen LogP contribution in [0.1, 0.15) is 44.2 Å². The molecular weight excluding hydrogens is 250 g/mol. The van der Waals surface area contributed by atoms with Crippen molar-refractivity contribution >= 4 is 12.0 Å². The van der Waals surface area contributed by atoms with Gasteiger partial charge in [0, 0.05) is 19.2 Å². The second-order valence-corrected chi connectivity index (χ2v) is 6.16. The molecule has 20 heavy (non-hydrogen) atoms. The molecule has 0 saturated carbocycles. The van der Waals surface area contributed by atoms with E-state index < -0.39 is 5.60 Å². The van der Waals surface area contributed by atoms with Crippen molar-refractivity contribution in [2.24, 2.45) is 0 Å². The summed E-state index contributed by atoms with van der Waals surface area (Å²) in [6, 6.07) is 8.24. The number of benzene rings is 1. The maximum absolute atomic E-state index is 12.0. The molecule has 1 aromatic carbocycles. The predicted molar refractivity (Wildman–Crippen MR) is 81.4 cm³/mol. The summed E-state index contributed by atoms with van der Waals surface area (Å²) >= 11 is 0. The number of hydrogen-bond acceptors (Lipinski definition) is 2. The molecule has 108 valence electrons. The number of aliphatic hydroxyl groups is 1. The Labute approximate surface area is 120 Å². The van der Waals surface area contributed by atoms with Crippen molar-refractivity contribution in [1.82, 2.24) is 4.90 Å². The molecule has 1 atom stereocenters. The second-order valence-electron chi connectivity index (χ2n) is 6.16. The van der Waals surface area contributed by atoms with Gasteiger partial charge in [0.15, 0.2) is 0 Å². The fraction of sp³-hybridized carbons (Fsp3) is 0.471. The molecule has 1 saturated heterocycles. The molecular formula is C17H23NO2. The van der Waals surface area contributed by atoms with Crippen LogP contribution in [0.4, 0.5) is 0 Å². The summed E-state index contributed by atoms with van der Waals surface area (Å²) in [6.45, 7) is 7.14. The van der Waals surface area contributed by atoms with Crippen molar-refractivity contribution in [3.05, 3.63) is 41.5 Å². The maximum Gasteiger partial charge on any atom is 0.246 e. The standard InChI is InChI=1S/C17H23NO2/c1-13(2)15-7-4-14(5-8-15)6-9-16(19)18-11-10-17(3,20)12-18/h4-9,13,20H,10-12H2,1-3H3/b9-6+. The molecule has 3 nitrogen and oxygen atoms in total. The van der Waals surface area contributed by atoms with Gasteiger partial charge >= 0.3 is 0 Å². The maximum atomic E-state index is 12.0. The Morgan fingerprint density at radius 1 is 1.35 bits per heavy atom. The molecule has 1 aliphatic rings. The second kappa shape index (κ2) is 5.80. The van der Waals surface area contributed by atoms with Crippen molar-refractivity contribution in [3.63, 3.8) is 0 Å². The molecule has 0 bridgehead atoms. The van der Waals surface area contributed by atoms with Crippen molar-refractivity contribution < 1.29 is 9.90 Å². The van der Waals surface area contributed by atoms with E-state index in [1.54, 1.807) is 17.9 Å². The van der Waals surface area contributed by atoms with Gasteiger partial charge in [-0.1, -0.05) is 38.1 Å². The van der Waals surface area contributed by atoms with Crippen LogP contribution in [-0.2, 0) is 4.79 Å². The van der Waals surface area contributed by atoms with Crippen molar-refractivity contribution in [2.45, 2.75) is 38.7 Å². The van der Waals surface area contributed by atoms with Gasteiger partial charge in [-0.05, 0) is 36.5 Å². The van der Waals surface area contributed by atoms with E-state index in [1.165, 1.54) is 5.56 Å². The number of carbonyl (C=O) groups excluding carboxylic acids is 1. The van der Waals surface area contributed by atoms with Crippen LogP contribution in [0.2, 0.25) is 0 Å². The zero-order valence-electron chi connectivity index (χ0n) is 12.5. The highest BCUT2D eigenvalue weighted by Crippen LogP contribution is 2.20. The minimum atomic E-state index is -0.734. The van der Waals surface area contributed by atoms with E-state index in [9.17, 15) is 9.90 Å². The van der Waals surface area contributed by atoms with Crippen LogP contribution < -0.4 is 0 Å². The third-order valence-corrected chi connectivity index (χ3v) is 3.78. The number of hydrogen-bond donors (Lipinski definition) is 1. The van der Waals surface area contributed by atoms with Crippen molar-refractivity contribution in [1.29, 1.82) is 0 Å². The summed E-state index contributed by atoms with van der Waals surface area (Å²) in [5, 5.41) is 9.86. The first-order valence-electron chi connectivity index (χ1n) is 7.17. The lowest BCUT2D eigenvalue weighted by Gasteiger charge is -2.17. The average Bonchev–Trinajstić information content (AvgIpc) is 2.77. The number of nitrogens with zero attached hydrogens (tertiary/aromatic N) is 1. The highest BCUT2D eigenvalue weighted by atomic mass is 16.3. The van der Waals surface area contributed by atoms with Gasteiger partial charge in [0.25, 0.3) is 0 Å². The number of carbonyl (C=O) groups is 1. The SMILES string of the molecule is CC(C)c1ccc(/C=C/C(=O)N2CCC(C)(O)C2)cc1. The molecule has 1 N–H and O–H groups in total. The van der Waals surface area contributed by atoms with Crippen LogP contribution in [0.5, 0.6) is 0 Å². The van der Waals surface area contributed by atoms with E-state index >= 15 is 0 Å². The summed E-state index contributed by atoms with van der Waals surface area (Å²) < 4.78 is 0. The van der Waals surface area contributed by atoms with E-state index in [0.29, 0.717) is 25.4 Å². The summed E-state index contributed by atoms with van der Waals surface area (Å²) in [5.41, 5.74) is 1.58. The summed E-state index contributed by atoms with van der Waals surface area (Å²) in [5.74, 6) is 0.484. The lowest BCUT2D eigenvalue weighted by molar-refractivity contribution is -0.125. The van der Waals surface area contributed by atoms with Gasteiger partial charge < -0.3 is 10.0 Å². The first kappa shape index (κ1) is 14.8. The molecule has 1 heterocycles. The highest BCUT2D eigenvalue weighted by Gasteiger charge is 2.32. The van der Waals surface area contributed by atoms with Crippen LogP contribution in [0.3, 0.4) is 0 Å². The molecule has 1 aromatic rings. The molecule has 0 radical (unpaired) electrons. The Morgan fingerprint density at radius 3 is 2.50 bits per heavy atom. The summed E-state index contributed by atoms with van der Waals surface area (Å²) in [4.78, 5) is 13.7. The van der Waals surface area contributed by atoms with Crippen molar-refractivity contribution in [3.8, 4) is 0 Å². The highest BCUT2D eigenvalue weighted by molar-refractivity contribution is 5.92. The molecule has 1 aliphatic heterocycles. The lowest BCUT2D eigenvalue weighted by Crippen LogP contribution is -2.32. The smallest absolute Gasteiger partial charge is 0.246 e. The normalized spacial score (nSPS) is 22.9. The molecule has 2 rings (SSSR count). The topological polar surface area (TPSA) is 40.5 Å². The van der Waals surface area contributed by atoms with Gasteiger partial charge in [-0.3, -0.25) is 4.79 Å². The van der Waals surface area contributed by atoms with Gasteiger partial charge in [0.2, 0.25) is 5.91 Å². The van der Waals surface area contributed by atoms with Gasteiger partial charge in [-0.25, -0.2) is 0 Å². The monoisotopic (exact) mass is 273 g/mol. The largest absolute Gasteiger partial charge is 0.388 e. The van der Waals surface area contributed by atoms with Crippen LogP contribution in [0.25, 0.3) is 6.08 Å². The minimum Gasteiger partial charge on any atom is -0.388 e. The summed E-state index contributed by atoms with van der Waals surface area (Å²) in [6.07, 6.45) is 4.07. The van der Waals surface area contributed by atoms with Gasteiger partial charge in [-0.2, -0.15) is 0 Å². The van der Waals surface area contributed by atoms with E-state index in [4.69, 9.17) is 0 Å². The van der Waals surface area contributed by atoms with E-state index in [0.717, 1.165) is 5.56 Å². The third-order valence-electron chi connectivity index (χ3n) is 3.78. The molecule has 3 heteroatoms. The number of likely N-dealkylation sites (tertiary alicyclic amines) is 1. The zero-order valence-corrected chi connectivity index (χ0v) is 12.5. The van der Waals surface area contributed by atoms with Crippen LogP contribution in [0, 0.1) is 0 Å². The molecule has 1 fully saturated rings. The Kier molecular flexibility index (Phi) is 4.29. The van der Waals surface area contributed by atoms with E-state index in [-0.39, 0.29) is 5.91 Å². The Balaban J connectivity index is 1.97. The first-order chi connectivity index (χ1) is 9.37. The lowest BCUT2D eigenvalue weighted by atomic mass is 10.0. The Bertz CT molecular complexity index is 500. The Morgan fingerprint density at radius 2 is 2.00 bits per heavy atom. The van der Waals surface area contributed by atoms with Gasteiger partial charge in [0.1, 0.15) is 0 Å². The molecule has 1 amide bonds. The van der Waals surface area contributed by atoms with Gasteiger partial charge in [0.05, 0.1) is 5.60 Å². The van der Waals surface area contributed by atoms with E-state index in [1.807, 2.05) is 18.2 Å². The average molecular weight is 273 g/mol. The fourth-order valence-corrected chi connectivity index (χ4v) is 2.40. The quantitative estimate of drug-likeness (QED) is 0.860. The third kappa shape index (κ3) is 3.70. The van der Waals surface area contributed by atoms with Gasteiger partial charge in [-0.15, -0.1) is 0 Å². The van der Waals surface area contributed by atoms with Crippen LogP contribution >= 0.6 is 0 Å². The fourth-order valence-electron chi connectivity index (χ4n) is 2.40. The number of amides is 1. The molecule has 0 aromatic heterocycles. The molecule has 0 aliphatic carbocycles. The minimum absolute atomic E-state index is 0.0317. The molecule has 1 unspecified atom stereocenters. The predicted octanol–water partition coefficient (Wildman–Crippen LogP) is 2.81. The Hall–Kier alpha value is -1.61. The molecule has 0 spiro atoms. The van der Waals surface area contributed by atoms with Crippen LogP contribution in [0.15, 0.2) is 30.3 Å². The summed E-state index contributed by atoms with van der Waals surface area (Å²) in [7, 11) is 0. The number of rotatable bonds is 3. The zero-order chi connectivity index (χ0) is 14.8.